The Balaban J connectivity index is 2.56. The molecule has 1 aromatic rings. The van der Waals surface area contributed by atoms with Crippen LogP contribution in [0.25, 0.3) is 0 Å². The summed E-state index contributed by atoms with van der Waals surface area (Å²) in [6, 6.07) is 4.05. The highest BCUT2D eigenvalue weighted by Crippen LogP contribution is 2.19. The van der Waals surface area contributed by atoms with Crippen LogP contribution in [0.4, 0.5) is 4.39 Å². The fourth-order valence-electron chi connectivity index (χ4n) is 1.51. The summed E-state index contributed by atoms with van der Waals surface area (Å²) in [5.41, 5.74) is 0.210. The van der Waals surface area contributed by atoms with E-state index in [0.29, 0.717) is 6.54 Å². The van der Waals surface area contributed by atoms with E-state index in [9.17, 15) is 14.0 Å². The standard InChI is InChI=1S/C14H19FN2O3/c1-9(2)20-13-5-4-11(8-12(13)15)14(19)17-7-6-16-10(3)18/h4-5,8-9H,6-7H2,1-3H3,(H,16,18)(H,17,19). The van der Waals surface area contributed by atoms with E-state index in [1.54, 1.807) is 13.8 Å². The van der Waals surface area contributed by atoms with Crippen LogP contribution < -0.4 is 15.4 Å². The molecule has 1 rings (SSSR count). The van der Waals surface area contributed by atoms with Crippen molar-refractivity contribution in [2.24, 2.45) is 0 Å². The van der Waals surface area contributed by atoms with E-state index in [-0.39, 0.29) is 29.9 Å². The summed E-state index contributed by atoms with van der Waals surface area (Å²) >= 11 is 0. The lowest BCUT2D eigenvalue weighted by molar-refractivity contribution is -0.118. The van der Waals surface area contributed by atoms with Gasteiger partial charge in [0.1, 0.15) is 0 Å². The fourth-order valence-corrected chi connectivity index (χ4v) is 1.51. The highest BCUT2D eigenvalue weighted by atomic mass is 19.1. The minimum absolute atomic E-state index is 0.120. The molecule has 0 saturated heterocycles. The second-order valence-electron chi connectivity index (χ2n) is 4.55. The number of carbonyl (C=O) groups is 2. The third kappa shape index (κ3) is 5.26. The Morgan fingerprint density at radius 3 is 2.45 bits per heavy atom. The Bertz CT molecular complexity index is 489. The maximum Gasteiger partial charge on any atom is 0.251 e. The van der Waals surface area contributed by atoms with Crippen molar-refractivity contribution in [3.05, 3.63) is 29.6 Å². The van der Waals surface area contributed by atoms with Crippen molar-refractivity contribution in [1.82, 2.24) is 10.6 Å². The molecule has 2 amide bonds. The van der Waals surface area contributed by atoms with Crippen LogP contribution in [-0.2, 0) is 4.79 Å². The fraction of sp³-hybridized carbons (Fsp3) is 0.429. The number of carbonyl (C=O) groups excluding carboxylic acids is 2. The van der Waals surface area contributed by atoms with Crippen LogP contribution in [0.15, 0.2) is 18.2 Å². The SMILES string of the molecule is CC(=O)NCCNC(=O)c1ccc(OC(C)C)c(F)c1. The molecule has 0 atom stereocenters. The van der Waals surface area contributed by atoms with Crippen LogP contribution in [0.5, 0.6) is 5.75 Å². The van der Waals surface area contributed by atoms with Crippen LogP contribution in [-0.4, -0.2) is 31.0 Å². The van der Waals surface area contributed by atoms with Crippen molar-refractivity contribution in [3.8, 4) is 5.75 Å². The number of hydrogen-bond donors (Lipinski definition) is 2. The maximum absolute atomic E-state index is 13.7. The van der Waals surface area contributed by atoms with Gasteiger partial charge >= 0.3 is 0 Å². The van der Waals surface area contributed by atoms with Gasteiger partial charge in [0.2, 0.25) is 5.91 Å². The zero-order valence-electron chi connectivity index (χ0n) is 11.8. The van der Waals surface area contributed by atoms with Crippen LogP contribution in [0.2, 0.25) is 0 Å². The van der Waals surface area contributed by atoms with Crippen molar-refractivity contribution >= 4 is 11.8 Å². The van der Waals surface area contributed by atoms with Gasteiger partial charge < -0.3 is 15.4 Å². The van der Waals surface area contributed by atoms with Gasteiger partial charge in [0.05, 0.1) is 6.10 Å². The zero-order chi connectivity index (χ0) is 15.1. The van der Waals surface area contributed by atoms with E-state index < -0.39 is 11.7 Å². The van der Waals surface area contributed by atoms with E-state index in [1.165, 1.54) is 19.1 Å². The predicted molar refractivity (Wildman–Crippen MR) is 73.2 cm³/mol. The first-order valence-corrected chi connectivity index (χ1v) is 6.39. The van der Waals surface area contributed by atoms with Gasteiger partial charge in [-0.1, -0.05) is 0 Å². The molecule has 0 radical (unpaired) electrons. The normalized spacial score (nSPS) is 10.2. The molecule has 5 nitrogen and oxygen atoms in total. The Labute approximate surface area is 117 Å². The van der Waals surface area contributed by atoms with E-state index in [4.69, 9.17) is 4.74 Å². The first-order valence-electron chi connectivity index (χ1n) is 6.39. The summed E-state index contributed by atoms with van der Waals surface area (Å²) in [4.78, 5) is 22.4. The molecule has 0 spiro atoms. The van der Waals surface area contributed by atoms with Gasteiger partial charge in [-0.05, 0) is 32.0 Å². The third-order valence-electron chi connectivity index (χ3n) is 2.34. The highest BCUT2D eigenvalue weighted by Gasteiger charge is 2.11. The van der Waals surface area contributed by atoms with E-state index in [1.807, 2.05) is 0 Å². The lowest BCUT2D eigenvalue weighted by Crippen LogP contribution is -2.33. The second-order valence-corrected chi connectivity index (χ2v) is 4.55. The smallest absolute Gasteiger partial charge is 0.251 e. The minimum atomic E-state index is -0.576. The van der Waals surface area contributed by atoms with E-state index in [2.05, 4.69) is 10.6 Å². The number of benzene rings is 1. The molecule has 0 aliphatic rings. The van der Waals surface area contributed by atoms with Gasteiger partial charge in [0, 0.05) is 25.6 Å². The monoisotopic (exact) mass is 282 g/mol. The lowest BCUT2D eigenvalue weighted by Gasteiger charge is -2.11. The topological polar surface area (TPSA) is 67.4 Å². The molecule has 6 heteroatoms. The molecule has 0 aliphatic heterocycles. The molecule has 1 aromatic carbocycles. The van der Waals surface area contributed by atoms with E-state index in [0.717, 1.165) is 6.07 Å². The van der Waals surface area contributed by atoms with Crippen LogP contribution >= 0.6 is 0 Å². The van der Waals surface area contributed by atoms with Crippen molar-refractivity contribution in [2.75, 3.05) is 13.1 Å². The lowest BCUT2D eigenvalue weighted by atomic mass is 10.2. The van der Waals surface area contributed by atoms with Crippen LogP contribution in [0, 0.1) is 5.82 Å². The van der Waals surface area contributed by atoms with Crippen molar-refractivity contribution in [3.63, 3.8) is 0 Å². The van der Waals surface area contributed by atoms with Gasteiger partial charge in [-0.25, -0.2) is 4.39 Å². The largest absolute Gasteiger partial charge is 0.488 e. The highest BCUT2D eigenvalue weighted by molar-refractivity contribution is 5.94. The number of rotatable bonds is 6. The number of halogens is 1. The molecular weight excluding hydrogens is 263 g/mol. The Hall–Kier alpha value is -2.11. The Morgan fingerprint density at radius 1 is 1.25 bits per heavy atom. The van der Waals surface area contributed by atoms with Gasteiger partial charge in [0.25, 0.3) is 5.91 Å². The summed E-state index contributed by atoms with van der Waals surface area (Å²) in [5, 5.41) is 5.13. The zero-order valence-corrected chi connectivity index (χ0v) is 11.8. The van der Waals surface area contributed by atoms with Gasteiger partial charge in [-0.2, -0.15) is 0 Å². The summed E-state index contributed by atoms with van der Waals surface area (Å²) in [6.07, 6.45) is -0.137. The van der Waals surface area contributed by atoms with Crippen LogP contribution in [0.3, 0.4) is 0 Å². The molecule has 0 bridgehead atoms. The predicted octanol–water partition coefficient (Wildman–Crippen LogP) is 1.48. The Morgan fingerprint density at radius 2 is 1.90 bits per heavy atom. The van der Waals surface area contributed by atoms with Crippen molar-refractivity contribution < 1.29 is 18.7 Å². The number of amides is 2. The molecule has 0 aliphatic carbocycles. The molecule has 0 aromatic heterocycles. The molecule has 110 valence electrons. The quantitative estimate of drug-likeness (QED) is 0.777. The molecular formula is C14H19FN2O3. The average molecular weight is 282 g/mol. The average Bonchev–Trinajstić information content (AvgIpc) is 2.36. The first kappa shape index (κ1) is 15.9. The molecule has 0 heterocycles. The number of hydrogen-bond acceptors (Lipinski definition) is 3. The second kappa shape index (κ2) is 7.47. The molecule has 2 N–H and O–H groups in total. The van der Waals surface area contributed by atoms with Crippen molar-refractivity contribution in [1.29, 1.82) is 0 Å². The Kier molecular flexibility index (Phi) is 5.96. The van der Waals surface area contributed by atoms with Gasteiger partial charge in [-0.3, -0.25) is 9.59 Å². The minimum Gasteiger partial charge on any atom is -0.488 e. The summed E-state index contributed by atoms with van der Waals surface area (Å²) in [5.74, 6) is -1.02. The molecule has 0 saturated carbocycles. The van der Waals surface area contributed by atoms with Gasteiger partial charge in [-0.15, -0.1) is 0 Å². The van der Waals surface area contributed by atoms with Crippen molar-refractivity contribution in [2.45, 2.75) is 26.9 Å². The number of ether oxygens (including phenoxy) is 1. The third-order valence-corrected chi connectivity index (χ3v) is 2.34. The van der Waals surface area contributed by atoms with Crippen LogP contribution in [0.1, 0.15) is 31.1 Å². The molecule has 20 heavy (non-hydrogen) atoms. The summed E-state index contributed by atoms with van der Waals surface area (Å²) in [7, 11) is 0. The molecule has 0 fully saturated rings. The van der Waals surface area contributed by atoms with Gasteiger partial charge in [0.15, 0.2) is 11.6 Å². The first-order chi connectivity index (χ1) is 9.40. The maximum atomic E-state index is 13.7. The summed E-state index contributed by atoms with van der Waals surface area (Å²) < 4.78 is 19.0. The van der Waals surface area contributed by atoms with E-state index >= 15 is 0 Å². The number of nitrogens with one attached hydrogen (secondary N) is 2. The molecule has 0 unspecified atom stereocenters. The summed E-state index contributed by atoms with van der Waals surface area (Å²) in [6.45, 7) is 5.59.